The molecule has 2 rings (SSSR count). The van der Waals surface area contributed by atoms with Crippen LogP contribution in [-0.4, -0.2) is 26.5 Å². The van der Waals surface area contributed by atoms with Crippen molar-refractivity contribution in [2.45, 2.75) is 6.54 Å². The number of carboxylic acid groups (broad SMARTS) is 1. The van der Waals surface area contributed by atoms with Crippen molar-refractivity contribution in [2.75, 3.05) is 0 Å². The summed E-state index contributed by atoms with van der Waals surface area (Å²) in [6, 6.07) is 1.71. The van der Waals surface area contributed by atoms with Gasteiger partial charge in [0.25, 0.3) is 5.91 Å². The Morgan fingerprint density at radius 3 is 3.00 bits per heavy atom. The lowest BCUT2D eigenvalue weighted by atomic mass is 10.2. The summed E-state index contributed by atoms with van der Waals surface area (Å²) in [6.07, 6.45) is 5.88. The van der Waals surface area contributed by atoms with Gasteiger partial charge in [0.05, 0.1) is 11.4 Å². The Kier molecular flexibility index (Phi) is 4.31. The van der Waals surface area contributed by atoms with Crippen LogP contribution in [0.5, 0.6) is 0 Å². The summed E-state index contributed by atoms with van der Waals surface area (Å²) in [5.41, 5.74) is 0.592. The van der Waals surface area contributed by atoms with E-state index in [-0.39, 0.29) is 5.91 Å². The number of hydrogen-bond donors (Lipinski definition) is 2. The van der Waals surface area contributed by atoms with E-state index in [9.17, 15) is 9.59 Å². The van der Waals surface area contributed by atoms with Gasteiger partial charge in [-0.1, -0.05) is 0 Å². The zero-order valence-electron chi connectivity index (χ0n) is 10.7. The standard InChI is InChI=1S/C13H13N3O3S/c1-16-6-5-14-10(16)8-15-13(19)12-9(4-7-20-12)2-3-11(17)18/h2-7H,8H2,1H3,(H,15,19)(H,17,18). The van der Waals surface area contributed by atoms with Crippen molar-refractivity contribution < 1.29 is 14.7 Å². The van der Waals surface area contributed by atoms with Crippen molar-refractivity contribution in [1.29, 1.82) is 0 Å². The molecule has 0 atom stereocenters. The monoisotopic (exact) mass is 291 g/mol. The number of nitrogens with one attached hydrogen (secondary N) is 1. The number of hydrogen-bond acceptors (Lipinski definition) is 4. The number of carbonyl (C=O) groups excluding carboxylic acids is 1. The third-order valence-electron chi connectivity index (χ3n) is 2.64. The van der Waals surface area contributed by atoms with E-state index in [0.29, 0.717) is 17.0 Å². The van der Waals surface area contributed by atoms with Crippen LogP contribution in [0, 0.1) is 0 Å². The first-order chi connectivity index (χ1) is 9.58. The van der Waals surface area contributed by atoms with E-state index in [1.165, 1.54) is 17.4 Å². The van der Waals surface area contributed by atoms with E-state index in [2.05, 4.69) is 10.3 Å². The second kappa shape index (κ2) is 6.16. The van der Waals surface area contributed by atoms with Gasteiger partial charge >= 0.3 is 5.97 Å². The lowest BCUT2D eigenvalue weighted by Gasteiger charge is -2.04. The van der Waals surface area contributed by atoms with Gasteiger partial charge in [0.2, 0.25) is 0 Å². The highest BCUT2D eigenvalue weighted by Gasteiger charge is 2.12. The number of nitrogens with zero attached hydrogens (tertiary/aromatic N) is 2. The van der Waals surface area contributed by atoms with Gasteiger partial charge in [-0.15, -0.1) is 11.3 Å². The van der Waals surface area contributed by atoms with Crippen LogP contribution in [0.1, 0.15) is 21.1 Å². The lowest BCUT2D eigenvalue weighted by Crippen LogP contribution is -2.24. The summed E-state index contributed by atoms with van der Waals surface area (Å²) >= 11 is 1.27. The van der Waals surface area contributed by atoms with Gasteiger partial charge < -0.3 is 15.0 Å². The fraction of sp³-hybridized carbons (Fsp3) is 0.154. The molecule has 0 unspecified atom stereocenters. The molecule has 2 aromatic heterocycles. The van der Waals surface area contributed by atoms with Gasteiger partial charge in [-0.2, -0.15) is 0 Å². The molecule has 0 radical (unpaired) electrons. The first-order valence-electron chi connectivity index (χ1n) is 5.81. The molecule has 0 bridgehead atoms. The van der Waals surface area contributed by atoms with Crippen LogP contribution in [0.2, 0.25) is 0 Å². The Bertz CT molecular complexity index is 657. The number of aryl methyl sites for hydroxylation is 1. The van der Waals surface area contributed by atoms with Crippen LogP contribution in [0.25, 0.3) is 6.08 Å². The van der Waals surface area contributed by atoms with Crippen LogP contribution >= 0.6 is 11.3 Å². The lowest BCUT2D eigenvalue weighted by molar-refractivity contribution is -0.131. The number of thiophene rings is 1. The molecule has 104 valence electrons. The first kappa shape index (κ1) is 14.0. The number of imidazole rings is 1. The Balaban J connectivity index is 2.05. The minimum atomic E-state index is -1.05. The minimum absolute atomic E-state index is 0.243. The highest BCUT2D eigenvalue weighted by Crippen LogP contribution is 2.18. The van der Waals surface area contributed by atoms with Crippen LogP contribution < -0.4 is 5.32 Å². The Morgan fingerprint density at radius 1 is 1.55 bits per heavy atom. The summed E-state index contributed by atoms with van der Waals surface area (Å²) in [5, 5.41) is 13.1. The van der Waals surface area contributed by atoms with E-state index in [0.717, 1.165) is 11.9 Å². The molecule has 0 spiro atoms. The average molecular weight is 291 g/mol. The maximum absolute atomic E-state index is 12.1. The van der Waals surface area contributed by atoms with Crippen LogP contribution in [-0.2, 0) is 18.4 Å². The average Bonchev–Trinajstić information content (AvgIpc) is 3.02. The molecule has 6 nitrogen and oxygen atoms in total. The molecule has 0 aliphatic heterocycles. The van der Waals surface area contributed by atoms with Crippen molar-refractivity contribution in [3.8, 4) is 0 Å². The molecule has 7 heteroatoms. The predicted octanol–water partition coefficient (Wildman–Crippen LogP) is 1.51. The van der Waals surface area contributed by atoms with Gasteiger partial charge in [-0.05, 0) is 23.1 Å². The van der Waals surface area contributed by atoms with Gasteiger partial charge in [-0.3, -0.25) is 4.79 Å². The second-order valence-corrected chi connectivity index (χ2v) is 4.93. The summed E-state index contributed by atoms with van der Waals surface area (Å²) in [6.45, 7) is 0.322. The molecule has 0 saturated heterocycles. The highest BCUT2D eigenvalue weighted by atomic mass is 32.1. The molecular weight excluding hydrogens is 278 g/mol. The van der Waals surface area contributed by atoms with Crippen LogP contribution in [0.3, 0.4) is 0 Å². The topological polar surface area (TPSA) is 84.2 Å². The van der Waals surface area contributed by atoms with E-state index in [1.54, 1.807) is 23.8 Å². The normalized spacial score (nSPS) is 10.8. The SMILES string of the molecule is Cn1ccnc1CNC(=O)c1sccc1C=CC(=O)O. The van der Waals surface area contributed by atoms with E-state index in [1.807, 2.05) is 11.6 Å². The largest absolute Gasteiger partial charge is 0.478 e. The highest BCUT2D eigenvalue weighted by molar-refractivity contribution is 7.12. The molecule has 2 heterocycles. The molecule has 1 amide bonds. The van der Waals surface area contributed by atoms with Gasteiger partial charge in [0.15, 0.2) is 0 Å². The second-order valence-electron chi connectivity index (χ2n) is 4.01. The van der Waals surface area contributed by atoms with Crippen molar-refractivity contribution >= 4 is 29.3 Å². The molecule has 0 saturated carbocycles. The number of carbonyl (C=O) groups is 2. The van der Waals surface area contributed by atoms with Crippen molar-refractivity contribution in [3.05, 3.63) is 46.2 Å². The fourth-order valence-electron chi connectivity index (χ4n) is 1.60. The van der Waals surface area contributed by atoms with Gasteiger partial charge in [0, 0.05) is 25.5 Å². The third kappa shape index (κ3) is 3.33. The van der Waals surface area contributed by atoms with Crippen molar-refractivity contribution in [2.24, 2.45) is 7.05 Å². The first-order valence-corrected chi connectivity index (χ1v) is 6.69. The van der Waals surface area contributed by atoms with Crippen molar-refractivity contribution in [3.63, 3.8) is 0 Å². The van der Waals surface area contributed by atoms with Crippen LogP contribution in [0.15, 0.2) is 29.9 Å². The number of aliphatic carboxylic acids is 1. The Labute approximate surface area is 119 Å². The van der Waals surface area contributed by atoms with Crippen LogP contribution in [0.4, 0.5) is 0 Å². The Morgan fingerprint density at radius 2 is 2.35 bits per heavy atom. The zero-order chi connectivity index (χ0) is 14.5. The molecule has 0 aliphatic rings. The molecule has 2 N–H and O–H groups in total. The van der Waals surface area contributed by atoms with E-state index >= 15 is 0 Å². The summed E-state index contributed by atoms with van der Waals surface area (Å²) in [5.74, 6) is -0.541. The maximum Gasteiger partial charge on any atom is 0.328 e. The number of carboxylic acids is 1. The smallest absolute Gasteiger partial charge is 0.328 e. The molecule has 0 aliphatic carbocycles. The minimum Gasteiger partial charge on any atom is -0.478 e. The third-order valence-corrected chi connectivity index (χ3v) is 3.56. The van der Waals surface area contributed by atoms with E-state index in [4.69, 9.17) is 5.11 Å². The van der Waals surface area contributed by atoms with Gasteiger partial charge in [-0.25, -0.2) is 9.78 Å². The molecule has 0 aromatic carbocycles. The number of aromatic nitrogens is 2. The molecular formula is C13H13N3O3S. The predicted molar refractivity (Wildman–Crippen MR) is 75.4 cm³/mol. The van der Waals surface area contributed by atoms with E-state index < -0.39 is 5.97 Å². The molecule has 0 fully saturated rings. The fourth-order valence-corrected chi connectivity index (χ4v) is 2.40. The van der Waals surface area contributed by atoms with Crippen molar-refractivity contribution in [1.82, 2.24) is 14.9 Å². The Hall–Kier alpha value is -2.41. The number of rotatable bonds is 5. The number of amides is 1. The zero-order valence-corrected chi connectivity index (χ0v) is 11.6. The molecule has 2 aromatic rings. The maximum atomic E-state index is 12.1. The summed E-state index contributed by atoms with van der Waals surface area (Å²) < 4.78 is 1.82. The quantitative estimate of drug-likeness (QED) is 0.818. The molecule has 20 heavy (non-hydrogen) atoms. The van der Waals surface area contributed by atoms with Gasteiger partial charge in [0.1, 0.15) is 5.82 Å². The summed E-state index contributed by atoms with van der Waals surface area (Å²) in [4.78, 5) is 27.2. The summed E-state index contributed by atoms with van der Waals surface area (Å²) in [7, 11) is 1.85.